The van der Waals surface area contributed by atoms with Crippen LogP contribution in [-0.4, -0.2) is 43.9 Å². The van der Waals surface area contributed by atoms with Crippen LogP contribution in [0, 0.1) is 12.7 Å². The first-order chi connectivity index (χ1) is 14.0. The largest absolute Gasteiger partial charge is 0.479 e. The lowest BCUT2D eigenvalue weighted by atomic mass is 10.1. The number of aryl methyl sites for hydroxylation is 1. The van der Waals surface area contributed by atoms with Gasteiger partial charge in [-0.25, -0.2) is 23.4 Å². The number of anilines is 2. The Labute approximate surface area is 173 Å². The predicted octanol–water partition coefficient (Wildman–Crippen LogP) is 4.03. The summed E-state index contributed by atoms with van der Waals surface area (Å²) in [5.74, 6) is -1.27. The number of carbonyl (C=O) groups is 1. The molecule has 0 aliphatic heterocycles. The normalized spacial score (nSPS) is 12.4. The minimum atomic E-state index is -2.33. The molecule has 158 valence electrons. The monoisotopic (exact) mass is 432 g/mol. The van der Waals surface area contributed by atoms with Gasteiger partial charge in [-0.3, -0.25) is 0 Å². The standard InChI is InChI=1S/C20H21FN4O4S/c1-11-7-14(25-30(3,4)28)9-16-18(11)19(23-10-22-16)24-15-6-5-13(21)8-17(15)29-12(2)20(26)27/h5-10,12H,1-4H3,(H,26,27)(H,22,23,24)/t12-/m1/s1. The molecule has 0 bridgehead atoms. The number of rotatable bonds is 6. The molecular formula is C20H21FN4O4S. The van der Waals surface area contributed by atoms with Gasteiger partial charge in [0.05, 0.1) is 16.9 Å². The molecule has 30 heavy (non-hydrogen) atoms. The number of nitrogens with one attached hydrogen (secondary N) is 1. The Morgan fingerprint density at radius 2 is 2.00 bits per heavy atom. The van der Waals surface area contributed by atoms with Crippen molar-refractivity contribution in [2.24, 2.45) is 4.36 Å². The number of nitrogens with zero attached hydrogens (tertiary/aromatic N) is 3. The highest BCUT2D eigenvalue weighted by molar-refractivity contribution is 7.92. The molecule has 0 saturated heterocycles. The molecule has 0 amide bonds. The molecule has 0 aliphatic carbocycles. The Bertz CT molecular complexity index is 1250. The van der Waals surface area contributed by atoms with E-state index in [1.54, 1.807) is 24.6 Å². The third kappa shape index (κ3) is 5.01. The first-order valence-electron chi connectivity index (χ1n) is 8.92. The molecule has 0 unspecified atom stereocenters. The topological polar surface area (TPSA) is 114 Å². The van der Waals surface area contributed by atoms with E-state index in [4.69, 9.17) is 9.84 Å². The van der Waals surface area contributed by atoms with Gasteiger partial charge in [0.2, 0.25) is 0 Å². The first kappa shape index (κ1) is 21.4. The van der Waals surface area contributed by atoms with Gasteiger partial charge in [-0.05, 0) is 43.7 Å². The number of carboxylic acids is 1. The number of ether oxygens (including phenoxy) is 1. The van der Waals surface area contributed by atoms with Crippen LogP contribution < -0.4 is 10.1 Å². The van der Waals surface area contributed by atoms with Crippen LogP contribution in [0.4, 0.5) is 21.6 Å². The van der Waals surface area contributed by atoms with Crippen molar-refractivity contribution < 1.29 is 23.2 Å². The fraction of sp³-hybridized carbons (Fsp3) is 0.250. The number of hydrogen-bond acceptors (Lipinski definition) is 7. The van der Waals surface area contributed by atoms with Crippen LogP contribution in [0.25, 0.3) is 10.9 Å². The molecule has 2 N–H and O–H groups in total. The Morgan fingerprint density at radius 1 is 1.27 bits per heavy atom. The smallest absolute Gasteiger partial charge is 0.344 e. The number of hydrogen-bond donors (Lipinski definition) is 2. The molecule has 0 spiro atoms. The van der Waals surface area contributed by atoms with Crippen LogP contribution in [0.15, 0.2) is 41.0 Å². The summed E-state index contributed by atoms with van der Waals surface area (Å²) in [6.07, 6.45) is 3.28. The number of aromatic nitrogens is 2. The molecule has 0 saturated carbocycles. The van der Waals surface area contributed by atoms with Crippen LogP contribution in [0.1, 0.15) is 12.5 Å². The highest BCUT2D eigenvalue weighted by atomic mass is 32.2. The van der Waals surface area contributed by atoms with Crippen LogP contribution in [-0.2, 0) is 14.5 Å². The van der Waals surface area contributed by atoms with Crippen molar-refractivity contribution >= 4 is 43.8 Å². The van der Waals surface area contributed by atoms with Crippen molar-refractivity contribution in [1.29, 1.82) is 0 Å². The first-order valence-corrected chi connectivity index (χ1v) is 11.2. The number of fused-ring (bicyclic) bond motifs is 1. The van der Waals surface area contributed by atoms with E-state index in [9.17, 15) is 13.4 Å². The van der Waals surface area contributed by atoms with Crippen LogP contribution in [0.5, 0.6) is 5.75 Å². The van der Waals surface area contributed by atoms with Gasteiger partial charge in [-0.2, -0.15) is 4.36 Å². The van der Waals surface area contributed by atoms with E-state index in [0.717, 1.165) is 11.6 Å². The van der Waals surface area contributed by atoms with Gasteiger partial charge in [0.1, 0.15) is 23.7 Å². The minimum absolute atomic E-state index is 0.0395. The highest BCUT2D eigenvalue weighted by Crippen LogP contribution is 2.34. The number of carboxylic acid groups (broad SMARTS) is 1. The molecule has 0 aliphatic rings. The number of aliphatic carboxylic acids is 1. The summed E-state index contributed by atoms with van der Waals surface area (Å²) in [6.45, 7) is 3.20. The lowest BCUT2D eigenvalue weighted by Crippen LogP contribution is -2.23. The fourth-order valence-electron chi connectivity index (χ4n) is 2.84. The Hall–Kier alpha value is -3.27. The maximum Gasteiger partial charge on any atom is 0.344 e. The summed E-state index contributed by atoms with van der Waals surface area (Å²) < 4.78 is 35.3. The Balaban J connectivity index is 2.07. The summed E-state index contributed by atoms with van der Waals surface area (Å²) in [6, 6.07) is 7.26. The fourth-order valence-corrected chi connectivity index (χ4v) is 3.45. The van der Waals surface area contributed by atoms with Crippen molar-refractivity contribution in [3.05, 3.63) is 48.0 Å². The number of halogens is 1. The Kier molecular flexibility index (Phi) is 5.88. The van der Waals surface area contributed by atoms with E-state index in [1.807, 2.05) is 6.92 Å². The lowest BCUT2D eigenvalue weighted by Gasteiger charge is -2.17. The molecule has 1 aromatic heterocycles. The van der Waals surface area contributed by atoms with Crippen molar-refractivity contribution in [2.45, 2.75) is 20.0 Å². The average Bonchev–Trinajstić information content (AvgIpc) is 2.62. The minimum Gasteiger partial charge on any atom is -0.479 e. The predicted molar refractivity (Wildman–Crippen MR) is 114 cm³/mol. The summed E-state index contributed by atoms with van der Waals surface area (Å²) in [7, 11) is -2.33. The van der Waals surface area contributed by atoms with Gasteiger partial charge in [0, 0.05) is 33.7 Å². The summed E-state index contributed by atoms with van der Waals surface area (Å²) >= 11 is 0. The quantitative estimate of drug-likeness (QED) is 0.604. The van der Waals surface area contributed by atoms with E-state index in [2.05, 4.69) is 19.6 Å². The van der Waals surface area contributed by atoms with Crippen molar-refractivity contribution in [3.63, 3.8) is 0 Å². The molecular weight excluding hydrogens is 411 g/mol. The molecule has 1 atom stereocenters. The van der Waals surface area contributed by atoms with Gasteiger partial charge in [-0.1, -0.05) is 0 Å². The zero-order chi connectivity index (χ0) is 22.1. The van der Waals surface area contributed by atoms with Gasteiger partial charge in [-0.15, -0.1) is 0 Å². The van der Waals surface area contributed by atoms with E-state index in [-0.39, 0.29) is 5.75 Å². The second-order valence-electron chi connectivity index (χ2n) is 7.02. The van der Waals surface area contributed by atoms with Crippen molar-refractivity contribution in [3.8, 4) is 5.75 Å². The zero-order valence-electron chi connectivity index (χ0n) is 16.8. The summed E-state index contributed by atoms with van der Waals surface area (Å²) in [4.78, 5) is 19.7. The Morgan fingerprint density at radius 3 is 2.67 bits per heavy atom. The van der Waals surface area contributed by atoms with Crippen molar-refractivity contribution in [2.75, 3.05) is 17.8 Å². The van der Waals surface area contributed by atoms with E-state index in [1.165, 1.54) is 25.4 Å². The van der Waals surface area contributed by atoms with Gasteiger partial charge >= 0.3 is 5.97 Å². The molecule has 0 radical (unpaired) electrons. The molecule has 8 nitrogen and oxygen atoms in total. The van der Waals surface area contributed by atoms with Crippen LogP contribution >= 0.6 is 0 Å². The van der Waals surface area contributed by atoms with Gasteiger partial charge in [0.15, 0.2) is 6.10 Å². The summed E-state index contributed by atoms with van der Waals surface area (Å²) in [5.41, 5.74) is 2.27. The molecule has 3 rings (SSSR count). The molecule has 10 heteroatoms. The lowest BCUT2D eigenvalue weighted by molar-refractivity contribution is -0.144. The van der Waals surface area contributed by atoms with Crippen LogP contribution in [0.2, 0.25) is 0 Å². The average molecular weight is 432 g/mol. The van der Waals surface area contributed by atoms with E-state index >= 15 is 0 Å². The van der Waals surface area contributed by atoms with Gasteiger partial charge in [0.25, 0.3) is 0 Å². The van der Waals surface area contributed by atoms with Crippen molar-refractivity contribution in [1.82, 2.24) is 9.97 Å². The second-order valence-corrected chi connectivity index (χ2v) is 9.56. The van der Waals surface area contributed by atoms with Crippen LogP contribution in [0.3, 0.4) is 0 Å². The maximum atomic E-state index is 13.7. The second kappa shape index (κ2) is 8.23. The maximum absolute atomic E-state index is 13.7. The number of benzene rings is 2. The SMILES string of the molecule is Cc1cc(N=S(C)(C)=O)cc2ncnc(Nc3ccc(F)cc3O[C@H](C)C(=O)O)c12. The van der Waals surface area contributed by atoms with Gasteiger partial charge < -0.3 is 15.2 Å². The summed E-state index contributed by atoms with van der Waals surface area (Å²) in [5, 5.41) is 12.9. The third-order valence-electron chi connectivity index (χ3n) is 4.09. The molecule has 1 heterocycles. The molecule has 3 aromatic rings. The zero-order valence-corrected chi connectivity index (χ0v) is 17.7. The third-order valence-corrected chi connectivity index (χ3v) is 4.74. The van der Waals surface area contributed by atoms with E-state index < -0.39 is 27.6 Å². The highest BCUT2D eigenvalue weighted by Gasteiger charge is 2.17. The molecule has 2 aromatic carbocycles. The van der Waals surface area contributed by atoms with E-state index in [0.29, 0.717) is 28.1 Å². The molecule has 0 fully saturated rings.